The molecule has 0 atom stereocenters. The minimum absolute atomic E-state index is 0.857. The van der Waals surface area contributed by atoms with Gasteiger partial charge in [0.1, 0.15) is 11.5 Å². The number of hydrogen-bond acceptors (Lipinski definition) is 2. The number of rotatable bonds is 4. The van der Waals surface area contributed by atoms with E-state index in [4.69, 9.17) is 9.47 Å². The van der Waals surface area contributed by atoms with E-state index in [9.17, 15) is 0 Å². The lowest BCUT2D eigenvalue weighted by Gasteiger charge is -2.12. The zero-order valence-corrected chi connectivity index (χ0v) is 14.2. The minimum atomic E-state index is 0.857. The van der Waals surface area contributed by atoms with Crippen molar-refractivity contribution in [1.82, 2.24) is 4.98 Å². The first kappa shape index (κ1) is 15.3. The Hall–Kier alpha value is -3.20. The molecule has 0 aliphatic heterocycles. The van der Waals surface area contributed by atoms with Crippen LogP contribution in [0, 0.1) is 0 Å². The zero-order chi connectivity index (χ0) is 17.2. The van der Waals surface area contributed by atoms with Crippen LogP contribution in [0.1, 0.15) is 0 Å². The van der Waals surface area contributed by atoms with Crippen molar-refractivity contribution in [2.45, 2.75) is 0 Å². The van der Waals surface area contributed by atoms with E-state index >= 15 is 0 Å². The van der Waals surface area contributed by atoms with Gasteiger partial charge in [-0.15, -0.1) is 0 Å². The van der Waals surface area contributed by atoms with Crippen molar-refractivity contribution >= 4 is 10.9 Å². The molecule has 0 radical (unpaired) electrons. The van der Waals surface area contributed by atoms with Crippen molar-refractivity contribution in [3.05, 3.63) is 72.9 Å². The first-order valence-electron chi connectivity index (χ1n) is 8.18. The zero-order valence-electron chi connectivity index (χ0n) is 14.2. The highest BCUT2D eigenvalue weighted by atomic mass is 16.5. The van der Waals surface area contributed by atoms with Gasteiger partial charge < -0.3 is 14.5 Å². The summed E-state index contributed by atoms with van der Waals surface area (Å²) < 4.78 is 10.6. The highest BCUT2D eigenvalue weighted by Gasteiger charge is 2.11. The van der Waals surface area contributed by atoms with Crippen LogP contribution in [-0.2, 0) is 0 Å². The predicted molar refractivity (Wildman–Crippen MR) is 102 cm³/mol. The Labute approximate surface area is 146 Å². The topological polar surface area (TPSA) is 34.2 Å². The van der Waals surface area contributed by atoms with Crippen LogP contribution in [0.2, 0.25) is 0 Å². The van der Waals surface area contributed by atoms with Gasteiger partial charge in [0.05, 0.1) is 14.2 Å². The maximum atomic E-state index is 5.28. The first-order valence-corrected chi connectivity index (χ1v) is 8.18. The number of aromatic nitrogens is 1. The molecule has 0 fully saturated rings. The van der Waals surface area contributed by atoms with Gasteiger partial charge in [-0.3, -0.25) is 0 Å². The van der Waals surface area contributed by atoms with Crippen molar-refractivity contribution in [3.8, 4) is 33.8 Å². The van der Waals surface area contributed by atoms with Gasteiger partial charge in [0.15, 0.2) is 0 Å². The van der Waals surface area contributed by atoms with Gasteiger partial charge >= 0.3 is 0 Å². The lowest BCUT2D eigenvalue weighted by molar-refractivity contribution is 0.414. The molecule has 1 heterocycles. The van der Waals surface area contributed by atoms with Gasteiger partial charge in [0.2, 0.25) is 0 Å². The normalized spacial score (nSPS) is 10.8. The molecule has 0 amide bonds. The van der Waals surface area contributed by atoms with Gasteiger partial charge in [-0.25, -0.2) is 0 Å². The Kier molecular flexibility index (Phi) is 3.90. The lowest BCUT2D eigenvalue weighted by Crippen LogP contribution is -1.88. The monoisotopic (exact) mass is 329 g/mol. The SMILES string of the molecule is COc1ccc(-c2cc3cc[nH]c3cc2-c2ccc(OC)cc2)cc1. The fraction of sp³-hybridized carbons (Fsp3) is 0.0909. The summed E-state index contributed by atoms with van der Waals surface area (Å²) in [7, 11) is 3.37. The molecule has 1 N–H and O–H groups in total. The van der Waals surface area contributed by atoms with E-state index in [1.54, 1.807) is 14.2 Å². The largest absolute Gasteiger partial charge is 0.497 e. The van der Waals surface area contributed by atoms with Gasteiger partial charge in [-0.05, 0) is 64.7 Å². The van der Waals surface area contributed by atoms with E-state index in [2.05, 4.69) is 47.4 Å². The number of aromatic amines is 1. The molecule has 0 saturated carbocycles. The van der Waals surface area contributed by atoms with E-state index < -0.39 is 0 Å². The van der Waals surface area contributed by atoms with Crippen LogP contribution in [0.5, 0.6) is 11.5 Å². The minimum Gasteiger partial charge on any atom is -0.497 e. The molecule has 1 aromatic heterocycles. The molecule has 3 aromatic carbocycles. The summed E-state index contributed by atoms with van der Waals surface area (Å²) in [4.78, 5) is 3.30. The van der Waals surface area contributed by atoms with E-state index in [0.29, 0.717) is 0 Å². The van der Waals surface area contributed by atoms with Crippen LogP contribution in [0.4, 0.5) is 0 Å². The number of H-pyrrole nitrogens is 1. The fourth-order valence-corrected chi connectivity index (χ4v) is 3.12. The van der Waals surface area contributed by atoms with Crippen molar-refractivity contribution in [1.29, 1.82) is 0 Å². The molecular formula is C22H19NO2. The molecule has 0 aliphatic carbocycles. The van der Waals surface area contributed by atoms with Crippen molar-refractivity contribution in [2.24, 2.45) is 0 Å². The second kappa shape index (κ2) is 6.36. The summed E-state index contributed by atoms with van der Waals surface area (Å²) in [6, 6.07) is 22.9. The second-order valence-electron chi connectivity index (χ2n) is 5.92. The highest BCUT2D eigenvalue weighted by molar-refractivity contribution is 5.95. The van der Waals surface area contributed by atoms with Crippen LogP contribution in [0.3, 0.4) is 0 Å². The van der Waals surface area contributed by atoms with Gasteiger partial charge in [-0.2, -0.15) is 0 Å². The molecule has 4 rings (SSSR count). The third kappa shape index (κ3) is 2.85. The molecule has 3 heteroatoms. The van der Waals surface area contributed by atoms with Gasteiger partial charge in [0.25, 0.3) is 0 Å². The third-order valence-corrected chi connectivity index (χ3v) is 4.49. The Balaban J connectivity index is 1.90. The average molecular weight is 329 g/mol. The number of fused-ring (bicyclic) bond motifs is 1. The van der Waals surface area contributed by atoms with E-state index in [1.807, 2.05) is 30.5 Å². The molecule has 0 aliphatic rings. The molecule has 4 aromatic rings. The Morgan fingerprint density at radius 3 is 1.68 bits per heavy atom. The number of ether oxygens (including phenoxy) is 2. The first-order chi connectivity index (χ1) is 12.3. The molecule has 124 valence electrons. The molecule has 0 bridgehead atoms. The van der Waals surface area contributed by atoms with Crippen LogP contribution < -0.4 is 9.47 Å². The number of nitrogens with one attached hydrogen (secondary N) is 1. The van der Waals surface area contributed by atoms with Crippen molar-refractivity contribution < 1.29 is 9.47 Å². The number of hydrogen-bond donors (Lipinski definition) is 1. The fourth-order valence-electron chi connectivity index (χ4n) is 3.12. The predicted octanol–water partition coefficient (Wildman–Crippen LogP) is 5.52. The molecule has 25 heavy (non-hydrogen) atoms. The summed E-state index contributed by atoms with van der Waals surface area (Å²) in [5.74, 6) is 1.72. The Morgan fingerprint density at radius 1 is 0.640 bits per heavy atom. The van der Waals surface area contributed by atoms with Crippen LogP contribution >= 0.6 is 0 Å². The number of benzene rings is 3. The summed E-state index contributed by atoms with van der Waals surface area (Å²) in [6.07, 6.45) is 1.97. The smallest absolute Gasteiger partial charge is 0.118 e. The summed E-state index contributed by atoms with van der Waals surface area (Å²) in [5.41, 5.74) is 5.82. The van der Waals surface area contributed by atoms with Crippen molar-refractivity contribution in [3.63, 3.8) is 0 Å². The summed E-state index contributed by atoms with van der Waals surface area (Å²) >= 11 is 0. The second-order valence-corrected chi connectivity index (χ2v) is 5.92. The Bertz CT molecular complexity index is 917. The van der Waals surface area contributed by atoms with Crippen LogP contribution in [-0.4, -0.2) is 19.2 Å². The van der Waals surface area contributed by atoms with Gasteiger partial charge in [0, 0.05) is 17.1 Å². The van der Waals surface area contributed by atoms with Gasteiger partial charge in [-0.1, -0.05) is 24.3 Å². The lowest BCUT2D eigenvalue weighted by atomic mass is 9.93. The molecule has 0 saturated heterocycles. The maximum absolute atomic E-state index is 5.28. The molecule has 0 spiro atoms. The van der Waals surface area contributed by atoms with E-state index in [1.165, 1.54) is 16.5 Å². The van der Waals surface area contributed by atoms with E-state index in [-0.39, 0.29) is 0 Å². The number of methoxy groups -OCH3 is 2. The standard InChI is InChI=1S/C22H19NO2/c1-24-18-7-3-15(4-8-18)20-13-17-11-12-23-22(17)14-21(20)16-5-9-19(25-2)10-6-16/h3-14,23H,1-2H3. The van der Waals surface area contributed by atoms with E-state index in [0.717, 1.165) is 28.1 Å². The van der Waals surface area contributed by atoms with Crippen LogP contribution in [0.25, 0.3) is 33.2 Å². The van der Waals surface area contributed by atoms with Crippen LogP contribution in [0.15, 0.2) is 72.9 Å². The summed E-state index contributed by atoms with van der Waals surface area (Å²) in [5, 5.41) is 1.20. The average Bonchev–Trinajstić information content (AvgIpc) is 3.15. The quantitative estimate of drug-likeness (QED) is 0.535. The summed E-state index contributed by atoms with van der Waals surface area (Å²) in [6.45, 7) is 0. The molecule has 0 unspecified atom stereocenters. The molecule has 3 nitrogen and oxygen atoms in total. The maximum Gasteiger partial charge on any atom is 0.118 e. The Morgan fingerprint density at radius 2 is 1.16 bits per heavy atom. The highest BCUT2D eigenvalue weighted by Crippen LogP contribution is 2.36. The van der Waals surface area contributed by atoms with Crippen molar-refractivity contribution in [2.75, 3.05) is 14.2 Å². The molecular weight excluding hydrogens is 310 g/mol. The third-order valence-electron chi connectivity index (χ3n) is 4.49.